The number of nitrogens with zero attached hydrogens (tertiary/aromatic N) is 3. The van der Waals surface area contributed by atoms with Gasteiger partial charge >= 0.3 is 0 Å². The molecule has 6 nitrogen and oxygen atoms in total. The molecule has 3 rings (SSSR count). The van der Waals surface area contributed by atoms with E-state index in [4.69, 9.17) is 22.1 Å². The number of aliphatic hydroxyl groups excluding tert-OH is 1. The van der Waals surface area contributed by atoms with Crippen LogP contribution >= 0.6 is 12.2 Å². The Kier molecular flexibility index (Phi) is 2.65. The van der Waals surface area contributed by atoms with E-state index in [1.54, 1.807) is 17.2 Å². The number of rotatable bonds is 2. The molecule has 0 aliphatic carbocycles. The molecule has 0 saturated carbocycles. The molecule has 0 bridgehead atoms. The van der Waals surface area contributed by atoms with Crippen molar-refractivity contribution >= 4 is 23.3 Å². The SMILES string of the molecule is OCC1CCC(n2ncc3c(=S)nc[nH]c32)O1. The zero-order valence-electron chi connectivity index (χ0n) is 9.04. The third kappa shape index (κ3) is 1.76. The van der Waals surface area contributed by atoms with Crippen LogP contribution in [0.4, 0.5) is 0 Å². The number of ether oxygens (including phenoxy) is 1. The fourth-order valence-corrected chi connectivity index (χ4v) is 2.31. The minimum atomic E-state index is -0.141. The highest BCUT2D eigenvalue weighted by Gasteiger charge is 2.27. The molecule has 3 heterocycles. The van der Waals surface area contributed by atoms with E-state index >= 15 is 0 Å². The van der Waals surface area contributed by atoms with Crippen molar-refractivity contribution in [2.24, 2.45) is 0 Å². The van der Waals surface area contributed by atoms with E-state index in [0.717, 1.165) is 23.9 Å². The Hall–Kier alpha value is -1.31. The van der Waals surface area contributed by atoms with Gasteiger partial charge in [0, 0.05) is 0 Å². The Morgan fingerprint density at radius 1 is 1.59 bits per heavy atom. The summed E-state index contributed by atoms with van der Waals surface area (Å²) in [6.07, 6.45) is 4.69. The van der Waals surface area contributed by atoms with Crippen molar-refractivity contribution in [1.82, 2.24) is 19.7 Å². The van der Waals surface area contributed by atoms with E-state index in [1.807, 2.05) is 0 Å². The van der Waals surface area contributed by atoms with Crippen LogP contribution in [0.15, 0.2) is 12.5 Å². The highest BCUT2D eigenvalue weighted by molar-refractivity contribution is 7.71. The summed E-state index contributed by atoms with van der Waals surface area (Å²) in [6.45, 7) is 0.0489. The molecule has 7 heteroatoms. The highest BCUT2D eigenvalue weighted by Crippen LogP contribution is 2.29. The Morgan fingerprint density at radius 2 is 2.47 bits per heavy atom. The van der Waals surface area contributed by atoms with Gasteiger partial charge in [-0.3, -0.25) is 0 Å². The van der Waals surface area contributed by atoms with Gasteiger partial charge in [-0.1, -0.05) is 12.2 Å². The maximum atomic E-state index is 9.05. The van der Waals surface area contributed by atoms with Crippen LogP contribution in [0.1, 0.15) is 19.1 Å². The monoisotopic (exact) mass is 252 g/mol. The molecule has 2 N–H and O–H groups in total. The topological polar surface area (TPSA) is 76.0 Å². The van der Waals surface area contributed by atoms with Gasteiger partial charge in [-0.2, -0.15) is 5.10 Å². The number of nitrogens with one attached hydrogen (secondary N) is 1. The molecular weight excluding hydrogens is 240 g/mol. The zero-order chi connectivity index (χ0) is 11.8. The van der Waals surface area contributed by atoms with Gasteiger partial charge in [-0.05, 0) is 12.8 Å². The lowest BCUT2D eigenvalue weighted by molar-refractivity contribution is -0.0262. The van der Waals surface area contributed by atoms with Crippen molar-refractivity contribution in [3.63, 3.8) is 0 Å². The number of hydrogen-bond acceptors (Lipinski definition) is 5. The molecule has 17 heavy (non-hydrogen) atoms. The number of aromatic amines is 1. The standard InChI is InChI=1S/C10H12N4O2S/c15-4-6-1-2-8(16-6)14-9-7(3-13-14)10(17)12-5-11-9/h3,5-6,8,15H,1-2,4H2,(H,11,12,17). The van der Waals surface area contributed by atoms with Gasteiger partial charge in [-0.15, -0.1) is 0 Å². The van der Waals surface area contributed by atoms with Crippen molar-refractivity contribution in [3.05, 3.63) is 17.2 Å². The smallest absolute Gasteiger partial charge is 0.153 e. The average Bonchev–Trinajstić information content (AvgIpc) is 2.94. The minimum Gasteiger partial charge on any atom is -0.394 e. The molecule has 0 amide bonds. The summed E-state index contributed by atoms with van der Waals surface area (Å²) in [6, 6.07) is 0. The lowest BCUT2D eigenvalue weighted by atomic mass is 10.2. The van der Waals surface area contributed by atoms with Crippen molar-refractivity contribution in [2.45, 2.75) is 25.2 Å². The third-order valence-electron chi connectivity index (χ3n) is 2.97. The van der Waals surface area contributed by atoms with Gasteiger partial charge in [0.15, 0.2) is 6.23 Å². The van der Waals surface area contributed by atoms with Gasteiger partial charge in [0.05, 0.1) is 30.6 Å². The molecule has 0 aromatic carbocycles. The summed E-state index contributed by atoms with van der Waals surface area (Å²) in [5, 5.41) is 14.1. The average molecular weight is 252 g/mol. The fourth-order valence-electron chi connectivity index (χ4n) is 2.10. The second kappa shape index (κ2) is 4.17. The van der Waals surface area contributed by atoms with Gasteiger partial charge in [-0.25, -0.2) is 9.67 Å². The first-order valence-electron chi connectivity index (χ1n) is 5.47. The molecule has 2 aromatic heterocycles. The summed E-state index contributed by atoms with van der Waals surface area (Å²) < 4.78 is 7.97. The second-order valence-electron chi connectivity index (χ2n) is 4.03. The largest absolute Gasteiger partial charge is 0.394 e. The summed E-state index contributed by atoms with van der Waals surface area (Å²) in [4.78, 5) is 7.03. The van der Waals surface area contributed by atoms with Gasteiger partial charge in [0.1, 0.15) is 10.3 Å². The normalized spacial score (nSPS) is 24.5. The lowest BCUT2D eigenvalue weighted by Gasteiger charge is -2.13. The molecule has 2 unspecified atom stereocenters. The quantitative estimate of drug-likeness (QED) is 0.784. The number of aliphatic hydroxyl groups is 1. The van der Waals surface area contributed by atoms with Crippen LogP contribution in [0, 0.1) is 4.64 Å². The van der Waals surface area contributed by atoms with Gasteiger partial charge < -0.3 is 14.8 Å². The number of H-pyrrole nitrogens is 1. The Morgan fingerprint density at radius 3 is 3.24 bits per heavy atom. The van der Waals surface area contributed by atoms with Crippen molar-refractivity contribution in [1.29, 1.82) is 0 Å². The van der Waals surface area contributed by atoms with E-state index < -0.39 is 0 Å². The zero-order valence-corrected chi connectivity index (χ0v) is 9.85. The molecule has 90 valence electrons. The van der Waals surface area contributed by atoms with Gasteiger partial charge in [0.25, 0.3) is 0 Å². The van der Waals surface area contributed by atoms with Crippen LogP contribution < -0.4 is 0 Å². The summed E-state index contributed by atoms with van der Waals surface area (Å²) in [5.41, 5.74) is 0.814. The van der Waals surface area contributed by atoms with Crippen molar-refractivity contribution in [3.8, 4) is 0 Å². The molecule has 0 spiro atoms. The predicted molar refractivity (Wildman–Crippen MR) is 62.9 cm³/mol. The minimum absolute atomic E-state index is 0.0489. The van der Waals surface area contributed by atoms with E-state index in [2.05, 4.69) is 15.1 Å². The predicted octanol–water partition coefficient (Wildman–Crippen LogP) is 1.16. The first-order valence-corrected chi connectivity index (χ1v) is 5.87. The van der Waals surface area contributed by atoms with E-state index in [0.29, 0.717) is 4.64 Å². The molecule has 1 aliphatic heterocycles. The van der Waals surface area contributed by atoms with Crippen molar-refractivity contribution < 1.29 is 9.84 Å². The van der Waals surface area contributed by atoms with Crippen LogP contribution in [0.5, 0.6) is 0 Å². The summed E-state index contributed by atoms with van der Waals surface area (Å²) in [5.74, 6) is 0. The summed E-state index contributed by atoms with van der Waals surface area (Å²) in [7, 11) is 0. The maximum Gasteiger partial charge on any atom is 0.153 e. The van der Waals surface area contributed by atoms with E-state index in [9.17, 15) is 0 Å². The summed E-state index contributed by atoms with van der Waals surface area (Å²) >= 11 is 5.12. The fraction of sp³-hybridized carbons (Fsp3) is 0.500. The Bertz CT molecular complexity index is 593. The van der Waals surface area contributed by atoms with Gasteiger partial charge in [0.2, 0.25) is 0 Å². The van der Waals surface area contributed by atoms with Crippen LogP contribution in [-0.4, -0.2) is 37.6 Å². The first kappa shape index (κ1) is 10.8. The molecule has 2 aromatic rings. The lowest BCUT2D eigenvalue weighted by Crippen LogP contribution is -2.15. The molecule has 1 fully saturated rings. The van der Waals surface area contributed by atoms with Crippen LogP contribution in [0.25, 0.3) is 11.0 Å². The number of hydrogen-bond donors (Lipinski definition) is 2. The molecule has 1 aliphatic rings. The Labute approximate surface area is 102 Å². The van der Waals surface area contributed by atoms with E-state index in [1.165, 1.54) is 0 Å². The van der Waals surface area contributed by atoms with Crippen LogP contribution in [-0.2, 0) is 4.74 Å². The number of aromatic nitrogens is 4. The van der Waals surface area contributed by atoms with Crippen LogP contribution in [0.3, 0.4) is 0 Å². The van der Waals surface area contributed by atoms with Crippen LogP contribution in [0.2, 0.25) is 0 Å². The molecule has 2 atom stereocenters. The molecule has 1 saturated heterocycles. The molecule has 0 radical (unpaired) electrons. The van der Waals surface area contributed by atoms with Crippen molar-refractivity contribution in [2.75, 3.05) is 6.61 Å². The first-order chi connectivity index (χ1) is 8.29. The third-order valence-corrected chi connectivity index (χ3v) is 3.30. The van der Waals surface area contributed by atoms with E-state index in [-0.39, 0.29) is 18.9 Å². The Balaban J connectivity index is 2.02. The molecular formula is C10H12N4O2S. The maximum absolute atomic E-state index is 9.05. The highest BCUT2D eigenvalue weighted by atomic mass is 32.1. The number of fused-ring (bicyclic) bond motifs is 1. The second-order valence-corrected chi connectivity index (χ2v) is 4.42.